The summed E-state index contributed by atoms with van der Waals surface area (Å²) >= 11 is 2.00. The summed E-state index contributed by atoms with van der Waals surface area (Å²) in [6.45, 7) is 3.25. The monoisotopic (exact) mass is 397 g/mol. The summed E-state index contributed by atoms with van der Waals surface area (Å²) in [7, 11) is 1.70. The molecule has 0 saturated carbocycles. The number of benzene rings is 2. The number of ether oxygens (including phenoxy) is 3. The molecule has 0 bridgehead atoms. The highest BCUT2D eigenvalue weighted by molar-refractivity contribution is 7.99. The third kappa shape index (κ3) is 4.34. The number of methoxy groups -OCH3 is 1. The van der Waals surface area contributed by atoms with Gasteiger partial charge >= 0.3 is 0 Å². The lowest BCUT2D eigenvalue weighted by Crippen LogP contribution is -2.32. The van der Waals surface area contributed by atoms with Crippen molar-refractivity contribution in [3.63, 3.8) is 0 Å². The predicted octanol–water partition coefficient (Wildman–Crippen LogP) is 3.87. The van der Waals surface area contributed by atoms with Crippen LogP contribution in [-0.2, 0) is 6.54 Å². The third-order valence-electron chi connectivity index (χ3n) is 4.89. The molecule has 0 amide bonds. The Kier molecular flexibility index (Phi) is 5.88. The Morgan fingerprint density at radius 2 is 1.96 bits per heavy atom. The van der Waals surface area contributed by atoms with Crippen LogP contribution in [0.15, 0.2) is 42.5 Å². The van der Waals surface area contributed by atoms with Crippen molar-refractivity contribution in [2.75, 3.05) is 38.5 Å². The highest BCUT2D eigenvalue weighted by atomic mass is 32.2. The molecule has 0 atom stereocenters. The predicted molar refractivity (Wildman–Crippen MR) is 112 cm³/mol. The third-order valence-corrected chi connectivity index (χ3v) is 5.83. The smallest absolute Gasteiger partial charge is 0.231 e. The summed E-state index contributed by atoms with van der Waals surface area (Å²) in [5.41, 5.74) is 2.71. The van der Waals surface area contributed by atoms with Crippen molar-refractivity contribution in [3.05, 3.63) is 59.2 Å². The van der Waals surface area contributed by atoms with Gasteiger partial charge in [0.25, 0.3) is 0 Å². The van der Waals surface area contributed by atoms with E-state index in [9.17, 15) is 4.79 Å². The van der Waals surface area contributed by atoms with Gasteiger partial charge in [0, 0.05) is 42.3 Å². The molecule has 0 aliphatic carbocycles. The molecule has 146 valence electrons. The lowest BCUT2D eigenvalue weighted by molar-refractivity contribution is 0.104. The van der Waals surface area contributed by atoms with Gasteiger partial charge in [-0.15, -0.1) is 0 Å². The molecule has 1 fully saturated rings. The van der Waals surface area contributed by atoms with Crippen LogP contribution >= 0.6 is 11.8 Å². The fourth-order valence-electron chi connectivity index (χ4n) is 3.34. The average Bonchev–Trinajstić information content (AvgIpc) is 3.21. The molecule has 5 nitrogen and oxygen atoms in total. The molecule has 1 saturated heterocycles. The van der Waals surface area contributed by atoms with Crippen LogP contribution in [0.2, 0.25) is 0 Å². The van der Waals surface area contributed by atoms with Gasteiger partial charge in [0.2, 0.25) is 6.79 Å². The molecule has 0 spiro atoms. The first-order valence-electron chi connectivity index (χ1n) is 9.32. The van der Waals surface area contributed by atoms with Gasteiger partial charge in [-0.2, -0.15) is 11.8 Å². The average molecular weight is 397 g/mol. The van der Waals surface area contributed by atoms with Crippen LogP contribution in [0, 0.1) is 0 Å². The minimum absolute atomic E-state index is 0.0660. The molecular formula is C22H23NO4S. The van der Waals surface area contributed by atoms with E-state index in [0.29, 0.717) is 17.1 Å². The Labute approximate surface area is 169 Å². The number of carbonyl (C=O) groups excluding carboxylic acids is 1. The van der Waals surface area contributed by atoms with Crippen LogP contribution < -0.4 is 14.2 Å². The van der Waals surface area contributed by atoms with Crippen molar-refractivity contribution >= 4 is 23.6 Å². The van der Waals surface area contributed by atoms with E-state index in [1.807, 2.05) is 30.0 Å². The number of thioether (sulfide) groups is 1. The van der Waals surface area contributed by atoms with Gasteiger partial charge in [-0.3, -0.25) is 9.69 Å². The second kappa shape index (κ2) is 8.71. The first-order chi connectivity index (χ1) is 13.7. The molecule has 0 unspecified atom stereocenters. The first kappa shape index (κ1) is 18.9. The number of rotatable bonds is 6. The molecule has 2 heterocycles. The second-order valence-electron chi connectivity index (χ2n) is 6.73. The SMILES string of the molecule is COc1ccc(/C=C/C(=O)c2ccc3c(c2)OCO3)cc1CN1CCSCC1. The van der Waals surface area contributed by atoms with E-state index >= 15 is 0 Å². The normalized spacial score (nSPS) is 16.5. The Balaban J connectivity index is 1.48. The summed E-state index contributed by atoms with van der Waals surface area (Å²) in [5.74, 6) is 4.46. The van der Waals surface area contributed by atoms with E-state index in [0.717, 1.165) is 36.5 Å². The molecule has 2 aromatic rings. The van der Waals surface area contributed by atoms with Crippen molar-refractivity contribution in [2.45, 2.75) is 6.54 Å². The molecule has 4 rings (SSSR count). The zero-order valence-electron chi connectivity index (χ0n) is 15.8. The van der Waals surface area contributed by atoms with Crippen LogP contribution in [0.4, 0.5) is 0 Å². The maximum absolute atomic E-state index is 12.5. The van der Waals surface area contributed by atoms with Gasteiger partial charge in [0.1, 0.15) is 5.75 Å². The lowest BCUT2D eigenvalue weighted by Gasteiger charge is -2.26. The number of fused-ring (bicyclic) bond motifs is 1. The van der Waals surface area contributed by atoms with Gasteiger partial charge in [-0.05, 0) is 42.0 Å². The van der Waals surface area contributed by atoms with Gasteiger partial charge < -0.3 is 14.2 Å². The van der Waals surface area contributed by atoms with Crippen LogP contribution in [-0.4, -0.2) is 49.2 Å². The van der Waals surface area contributed by atoms with E-state index in [4.69, 9.17) is 14.2 Å². The Morgan fingerprint density at radius 1 is 1.14 bits per heavy atom. The number of hydrogen-bond donors (Lipinski definition) is 0. The van der Waals surface area contributed by atoms with Gasteiger partial charge in [-0.25, -0.2) is 0 Å². The Morgan fingerprint density at radius 3 is 2.79 bits per heavy atom. The molecule has 28 heavy (non-hydrogen) atoms. The molecule has 2 aliphatic heterocycles. The van der Waals surface area contributed by atoms with Crippen molar-refractivity contribution in [1.29, 1.82) is 0 Å². The van der Waals surface area contributed by atoms with Crippen LogP contribution in [0.25, 0.3) is 6.08 Å². The van der Waals surface area contributed by atoms with Crippen molar-refractivity contribution in [1.82, 2.24) is 4.90 Å². The minimum atomic E-state index is -0.0660. The van der Waals surface area contributed by atoms with Crippen LogP contribution in [0.5, 0.6) is 17.2 Å². The molecule has 0 aromatic heterocycles. The zero-order valence-corrected chi connectivity index (χ0v) is 16.7. The number of allylic oxidation sites excluding steroid dienone is 1. The van der Waals surface area contributed by atoms with Crippen molar-refractivity contribution in [2.24, 2.45) is 0 Å². The van der Waals surface area contributed by atoms with Crippen molar-refractivity contribution < 1.29 is 19.0 Å². The number of ketones is 1. The highest BCUT2D eigenvalue weighted by Crippen LogP contribution is 2.32. The quantitative estimate of drug-likeness (QED) is 0.545. The Hall–Kier alpha value is -2.44. The van der Waals surface area contributed by atoms with E-state index in [-0.39, 0.29) is 12.6 Å². The fourth-order valence-corrected chi connectivity index (χ4v) is 4.32. The van der Waals surface area contributed by atoms with Gasteiger partial charge in [0.15, 0.2) is 17.3 Å². The molecular weight excluding hydrogens is 374 g/mol. The zero-order chi connectivity index (χ0) is 19.3. The van der Waals surface area contributed by atoms with Gasteiger partial charge in [0.05, 0.1) is 7.11 Å². The molecule has 2 aromatic carbocycles. The van der Waals surface area contributed by atoms with E-state index < -0.39 is 0 Å². The van der Waals surface area contributed by atoms with Crippen molar-refractivity contribution in [3.8, 4) is 17.2 Å². The maximum Gasteiger partial charge on any atom is 0.231 e. The Bertz CT molecular complexity index is 890. The summed E-state index contributed by atoms with van der Waals surface area (Å²) in [5, 5.41) is 0. The number of hydrogen-bond acceptors (Lipinski definition) is 6. The number of carbonyl (C=O) groups is 1. The lowest BCUT2D eigenvalue weighted by atomic mass is 10.1. The van der Waals surface area contributed by atoms with E-state index in [2.05, 4.69) is 11.0 Å². The highest BCUT2D eigenvalue weighted by Gasteiger charge is 2.16. The molecule has 0 N–H and O–H groups in total. The fraction of sp³-hybridized carbons (Fsp3) is 0.318. The topological polar surface area (TPSA) is 48.0 Å². The van der Waals surface area contributed by atoms with Gasteiger partial charge in [-0.1, -0.05) is 12.1 Å². The summed E-state index contributed by atoms with van der Waals surface area (Å²) < 4.78 is 16.2. The maximum atomic E-state index is 12.5. The number of nitrogens with zero attached hydrogens (tertiary/aromatic N) is 1. The van der Waals surface area contributed by atoms with E-state index in [1.165, 1.54) is 11.5 Å². The summed E-state index contributed by atoms with van der Waals surface area (Å²) in [6.07, 6.45) is 3.45. The minimum Gasteiger partial charge on any atom is -0.496 e. The first-order valence-corrected chi connectivity index (χ1v) is 10.5. The standard InChI is InChI=1S/C22H23NO4S/c1-25-20-6-3-16(12-18(20)14-23-8-10-28-11-9-23)2-5-19(24)17-4-7-21-22(13-17)27-15-26-21/h2-7,12-13H,8-11,14-15H2,1H3/b5-2+. The summed E-state index contributed by atoms with van der Waals surface area (Å²) in [4.78, 5) is 15.0. The largest absolute Gasteiger partial charge is 0.496 e. The second-order valence-corrected chi connectivity index (χ2v) is 7.95. The molecule has 2 aliphatic rings. The van der Waals surface area contributed by atoms with Crippen LogP contribution in [0.3, 0.4) is 0 Å². The van der Waals surface area contributed by atoms with Crippen LogP contribution in [0.1, 0.15) is 21.5 Å². The van der Waals surface area contributed by atoms with E-state index in [1.54, 1.807) is 31.4 Å². The molecule has 0 radical (unpaired) electrons. The molecule has 6 heteroatoms. The summed E-state index contributed by atoms with van der Waals surface area (Å²) in [6, 6.07) is 11.3.